The van der Waals surface area contributed by atoms with Gasteiger partial charge < -0.3 is 28.7 Å². The van der Waals surface area contributed by atoms with Crippen molar-refractivity contribution in [2.75, 3.05) is 13.2 Å². The normalized spacial score (nSPS) is 26.4. The zero-order valence-corrected chi connectivity index (χ0v) is 13.7. The first-order valence-corrected chi connectivity index (χ1v) is 8.43. The summed E-state index contributed by atoms with van der Waals surface area (Å²) in [5.74, 6) is -0.938. The Labute approximate surface area is 139 Å². The summed E-state index contributed by atoms with van der Waals surface area (Å²) in [4.78, 5) is 49.2. The van der Waals surface area contributed by atoms with Crippen molar-refractivity contribution in [3.05, 3.63) is 43.0 Å². The molecule has 2 rings (SSSR count). The van der Waals surface area contributed by atoms with Crippen molar-refractivity contribution in [3.8, 4) is 0 Å². The second kappa shape index (κ2) is 7.50. The summed E-state index contributed by atoms with van der Waals surface area (Å²) in [6.45, 7) is 0.418. The second-order valence-corrected chi connectivity index (χ2v) is 6.51. The lowest BCUT2D eigenvalue weighted by atomic mass is 9.98. The van der Waals surface area contributed by atoms with Crippen molar-refractivity contribution >= 4 is 7.82 Å². The van der Waals surface area contributed by atoms with Gasteiger partial charge in [-0.15, -0.1) is 0 Å². The molecule has 138 valence electrons. The minimum Gasteiger partial charge on any atom is -0.790 e. The Morgan fingerprint density at radius 1 is 1.56 bits per heavy atom. The van der Waals surface area contributed by atoms with Crippen LogP contribution in [-0.4, -0.2) is 40.0 Å². The number of phosphoric acid groups is 1. The van der Waals surface area contributed by atoms with E-state index in [4.69, 9.17) is 10.3 Å². The molecule has 1 aliphatic heterocycles. The third kappa shape index (κ3) is 4.55. The van der Waals surface area contributed by atoms with Gasteiger partial charge in [0, 0.05) is 29.1 Å². The van der Waals surface area contributed by atoms with E-state index in [1.165, 1.54) is 6.92 Å². The van der Waals surface area contributed by atoms with Crippen LogP contribution in [0.1, 0.15) is 11.8 Å². The van der Waals surface area contributed by atoms with E-state index >= 15 is 0 Å². The number of nitrogens with zero attached hydrogens (tertiary/aromatic N) is 4. The number of rotatable bonds is 6. The molecule has 0 aliphatic carbocycles. The van der Waals surface area contributed by atoms with E-state index in [1.807, 2.05) is 4.98 Å². The molecule has 0 radical (unpaired) electrons. The van der Waals surface area contributed by atoms with Crippen LogP contribution in [0.25, 0.3) is 10.4 Å². The molecule has 1 aromatic rings. The molecule has 1 aliphatic rings. The molecule has 0 amide bonds. The molecule has 4 atom stereocenters. The number of aliphatic hydroxyl groups is 1. The highest BCUT2D eigenvalue weighted by atomic mass is 31.2. The maximum absolute atomic E-state index is 11.9. The van der Waals surface area contributed by atoms with E-state index < -0.39 is 50.0 Å². The number of H-pyrrole nitrogens is 1. The van der Waals surface area contributed by atoms with Gasteiger partial charge in [0.05, 0.1) is 20.5 Å². The Morgan fingerprint density at radius 3 is 2.84 bits per heavy atom. The maximum Gasteiger partial charge on any atom is 0.330 e. The minimum atomic E-state index is -5.29. The third-order valence-electron chi connectivity index (χ3n) is 3.70. The number of phosphoric ester groups is 1. The van der Waals surface area contributed by atoms with Crippen LogP contribution < -0.4 is 21.0 Å². The van der Waals surface area contributed by atoms with E-state index in [0.717, 1.165) is 10.8 Å². The molecule has 25 heavy (non-hydrogen) atoms. The van der Waals surface area contributed by atoms with Gasteiger partial charge in [-0.2, -0.15) is 0 Å². The topological polar surface area (TPSA) is 205 Å². The van der Waals surface area contributed by atoms with E-state index in [-0.39, 0.29) is 12.1 Å². The van der Waals surface area contributed by atoms with Gasteiger partial charge in [-0.25, -0.2) is 4.79 Å². The number of nitrogens with one attached hydrogen (secondary N) is 1. The van der Waals surface area contributed by atoms with Crippen LogP contribution in [-0.2, 0) is 13.8 Å². The summed E-state index contributed by atoms with van der Waals surface area (Å²) >= 11 is 0. The SMILES string of the molecule is Cc1cn([C@@H]2O[C@H](COP(=O)([O-])[O-])[C@@H](CN=[N+]=[N-])[C@H]2O)c(=O)[nH]c1=O. The van der Waals surface area contributed by atoms with Crippen molar-refractivity contribution in [2.24, 2.45) is 11.0 Å². The number of aromatic amines is 1. The van der Waals surface area contributed by atoms with Crippen LogP contribution in [0.5, 0.6) is 0 Å². The number of ether oxygens (including phenoxy) is 1. The summed E-state index contributed by atoms with van der Waals surface area (Å²) < 4.78 is 21.1. The highest BCUT2D eigenvalue weighted by Gasteiger charge is 2.44. The van der Waals surface area contributed by atoms with Gasteiger partial charge >= 0.3 is 5.69 Å². The first kappa shape index (κ1) is 19.3. The Kier molecular flexibility index (Phi) is 5.80. The van der Waals surface area contributed by atoms with Crippen LogP contribution in [0.15, 0.2) is 20.9 Å². The third-order valence-corrected chi connectivity index (χ3v) is 4.16. The fourth-order valence-electron chi connectivity index (χ4n) is 2.48. The Bertz CT molecular complexity index is 840. The molecule has 0 unspecified atom stereocenters. The summed E-state index contributed by atoms with van der Waals surface area (Å²) in [7, 11) is -5.29. The van der Waals surface area contributed by atoms with E-state index in [1.54, 1.807) is 0 Å². The molecule has 14 heteroatoms. The van der Waals surface area contributed by atoms with Gasteiger partial charge in [0.2, 0.25) is 0 Å². The molecule has 1 saturated heterocycles. The quantitative estimate of drug-likeness (QED) is 0.242. The van der Waals surface area contributed by atoms with Gasteiger partial charge in [-0.1, -0.05) is 5.11 Å². The Balaban J connectivity index is 2.33. The lowest BCUT2D eigenvalue weighted by Crippen LogP contribution is -2.37. The van der Waals surface area contributed by atoms with Crippen molar-refractivity contribution in [1.82, 2.24) is 9.55 Å². The van der Waals surface area contributed by atoms with Gasteiger partial charge in [0.25, 0.3) is 5.56 Å². The molecule has 1 fully saturated rings. The molecule has 2 heterocycles. The summed E-state index contributed by atoms with van der Waals surface area (Å²) in [6.07, 6.45) is -2.66. The minimum absolute atomic E-state index is 0.172. The zero-order valence-electron chi connectivity index (χ0n) is 12.8. The van der Waals surface area contributed by atoms with Crippen LogP contribution >= 0.6 is 7.82 Å². The summed E-state index contributed by atoms with van der Waals surface area (Å²) in [5.41, 5.74) is 7.12. The van der Waals surface area contributed by atoms with Crippen LogP contribution in [0.3, 0.4) is 0 Å². The Morgan fingerprint density at radius 2 is 2.24 bits per heavy atom. The van der Waals surface area contributed by atoms with Gasteiger partial charge in [0.1, 0.15) is 6.10 Å². The van der Waals surface area contributed by atoms with Crippen molar-refractivity contribution in [1.29, 1.82) is 0 Å². The molecule has 0 spiro atoms. The van der Waals surface area contributed by atoms with Crippen LogP contribution in [0, 0.1) is 12.8 Å². The monoisotopic (exact) mass is 375 g/mol. The van der Waals surface area contributed by atoms with E-state index in [9.17, 15) is 29.0 Å². The van der Waals surface area contributed by atoms with Crippen molar-refractivity contribution in [2.45, 2.75) is 25.4 Å². The lowest BCUT2D eigenvalue weighted by molar-refractivity contribution is -0.343. The molecule has 0 bridgehead atoms. The highest BCUT2D eigenvalue weighted by Crippen LogP contribution is 2.36. The number of hydrogen-bond donors (Lipinski definition) is 2. The number of aliphatic hydroxyl groups excluding tert-OH is 1. The average Bonchev–Trinajstić information content (AvgIpc) is 2.82. The van der Waals surface area contributed by atoms with E-state index in [0.29, 0.717) is 0 Å². The first-order valence-electron chi connectivity index (χ1n) is 6.97. The zero-order chi connectivity index (χ0) is 18.8. The summed E-state index contributed by atoms with van der Waals surface area (Å²) in [5, 5.41) is 13.7. The molecule has 0 saturated carbocycles. The van der Waals surface area contributed by atoms with E-state index in [2.05, 4.69) is 14.5 Å². The number of aryl methyl sites for hydroxylation is 1. The molecule has 13 nitrogen and oxygen atoms in total. The number of hydrogen-bond acceptors (Lipinski definition) is 9. The molecule has 1 aromatic heterocycles. The average molecular weight is 375 g/mol. The molecule has 2 N–H and O–H groups in total. The largest absolute Gasteiger partial charge is 0.790 e. The van der Waals surface area contributed by atoms with Gasteiger partial charge in [0.15, 0.2) is 6.23 Å². The van der Waals surface area contributed by atoms with Crippen molar-refractivity contribution < 1.29 is 28.7 Å². The standard InChI is InChI=1S/C11H16N5O8P/c1-5-3-16(11(19)14-9(5)18)10-8(17)6(2-13-15-12)7(24-10)4-23-25(20,21)22/h3,6-8,10,17H,2,4H2,1H3,(H,14,18,19)(H2,20,21,22)/p-2/t6-,7-,8-,10-/m1/s1. The highest BCUT2D eigenvalue weighted by molar-refractivity contribution is 7.43. The Hall–Kier alpha value is -1.98. The summed E-state index contributed by atoms with van der Waals surface area (Å²) in [6, 6.07) is 0. The lowest BCUT2D eigenvalue weighted by Gasteiger charge is -2.30. The smallest absolute Gasteiger partial charge is 0.330 e. The van der Waals surface area contributed by atoms with Crippen LogP contribution in [0.4, 0.5) is 0 Å². The van der Waals surface area contributed by atoms with Crippen LogP contribution in [0.2, 0.25) is 0 Å². The predicted molar refractivity (Wildman–Crippen MR) is 77.0 cm³/mol. The maximum atomic E-state index is 11.9. The predicted octanol–water partition coefficient (Wildman–Crippen LogP) is -2.12. The second-order valence-electron chi connectivity index (χ2n) is 5.35. The first-order chi connectivity index (χ1) is 11.6. The van der Waals surface area contributed by atoms with Gasteiger partial charge in [-0.3, -0.25) is 14.3 Å². The number of aromatic nitrogens is 2. The van der Waals surface area contributed by atoms with Crippen molar-refractivity contribution in [3.63, 3.8) is 0 Å². The fraction of sp³-hybridized carbons (Fsp3) is 0.636. The molecular formula is C11H14N5O8P-2. The van der Waals surface area contributed by atoms with Gasteiger partial charge in [-0.05, 0) is 12.5 Å². The number of azide groups is 1. The fourth-order valence-corrected chi connectivity index (χ4v) is 2.81. The molecular weight excluding hydrogens is 361 g/mol. The molecule has 0 aromatic carbocycles.